The maximum absolute atomic E-state index is 12.7. The van der Waals surface area contributed by atoms with Crippen LogP contribution in [0.3, 0.4) is 0 Å². The number of thiophene rings is 1. The summed E-state index contributed by atoms with van der Waals surface area (Å²) >= 11 is 1.29. The van der Waals surface area contributed by atoms with E-state index in [1.807, 2.05) is 45.6 Å². The number of carbonyl (C=O) groups excluding carboxylic acids is 2. The van der Waals surface area contributed by atoms with Crippen molar-refractivity contribution in [2.45, 2.75) is 59.5 Å². The van der Waals surface area contributed by atoms with E-state index in [1.54, 1.807) is 0 Å². The highest BCUT2D eigenvalue weighted by atomic mass is 32.1. The molecule has 1 N–H and O–H groups in total. The van der Waals surface area contributed by atoms with Crippen LogP contribution in [0.5, 0.6) is 0 Å². The number of nitrogens with one attached hydrogen (secondary N) is 1. The number of hydrogen-bond acceptors (Lipinski definition) is 5. The SMILES string of the molecule is COC(=O)c1sc(C#CC(C)(C)C)cc1NC1CCCN(C(C)C)C1=O. The second kappa shape index (κ2) is 8.13. The quantitative estimate of drug-likeness (QED) is 0.642. The Kier molecular flexibility index (Phi) is 6.35. The highest BCUT2D eigenvalue weighted by Crippen LogP contribution is 2.30. The van der Waals surface area contributed by atoms with Gasteiger partial charge in [-0.2, -0.15) is 0 Å². The zero-order valence-corrected chi connectivity index (χ0v) is 17.3. The molecule has 1 aliphatic rings. The van der Waals surface area contributed by atoms with Gasteiger partial charge in [-0.1, -0.05) is 11.8 Å². The van der Waals surface area contributed by atoms with Gasteiger partial charge < -0.3 is 15.0 Å². The van der Waals surface area contributed by atoms with Crippen molar-refractivity contribution in [1.29, 1.82) is 0 Å². The van der Waals surface area contributed by atoms with Crippen molar-refractivity contribution in [2.75, 3.05) is 19.0 Å². The third kappa shape index (κ3) is 5.01. The van der Waals surface area contributed by atoms with E-state index in [0.29, 0.717) is 10.6 Å². The Hall–Kier alpha value is -2.00. The van der Waals surface area contributed by atoms with Crippen molar-refractivity contribution >= 4 is 28.9 Å². The van der Waals surface area contributed by atoms with Crippen LogP contribution in [0.25, 0.3) is 0 Å². The van der Waals surface area contributed by atoms with E-state index in [9.17, 15) is 9.59 Å². The number of nitrogens with zero attached hydrogens (tertiary/aromatic N) is 1. The highest BCUT2D eigenvalue weighted by Gasteiger charge is 2.31. The third-order valence-electron chi connectivity index (χ3n) is 4.09. The van der Waals surface area contributed by atoms with Crippen LogP contribution in [0, 0.1) is 17.3 Å². The molecule has 0 radical (unpaired) electrons. The molecule has 1 atom stereocenters. The molecule has 26 heavy (non-hydrogen) atoms. The first kappa shape index (κ1) is 20.3. The number of methoxy groups -OCH3 is 1. The molecule has 0 bridgehead atoms. The lowest BCUT2D eigenvalue weighted by molar-refractivity contribution is -0.136. The van der Waals surface area contributed by atoms with E-state index in [0.717, 1.165) is 24.3 Å². The Morgan fingerprint density at radius 1 is 1.42 bits per heavy atom. The molecule has 1 fully saturated rings. The van der Waals surface area contributed by atoms with Crippen molar-refractivity contribution in [2.24, 2.45) is 5.41 Å². The van der Waals surface area contributed by atoms with Gasteiger partial charge in [0.1, 0.15) is 10.9 Å². The summed E-state index contributed by atoms with van der Waals surface area (Å²) in [6, 6.07) is 1.69. The van der Waals surface area contributed by atoms with Crippen LogP contribution in [0.2, 0.25) is 0 Å². The first-order chi connectivity index (χ1) is 12.1. The molecule has 1 aliphatic heterocycles. The van der Waals surface area contributed by atoms with Crippen molar-refractivity contribution in [1.82, 2.24) is 4.90 Å². The molecule has 0 saturated carbocycles. The van der Waals surface area contributed by atoms with Gasteiger partial charge in [-0.05, 0) is 53.5 Å². The van der Waals surface area contributed by atoms with Crippen LogP contribution >= 0.6 is 11.3 Å². The Balaban J connectivity index is 2.29. The normalized spacial score (nSPS) is 17.7. The fourth-order valence-electron chi connectivity index (χ4n) is 2.79. The van der Waals surface area contributed by atoms with E-state index in [-0.39, 0.29) is 23.4 Å². The summed E-state index contributed by atoms with van der Waals surface area (Å²) in [5.74, 6) is 5.97. The molecule has 1 saturated heterocycles. The smallest absolute Gasteiger partial charge is 0.350 e. The summed E-state index contributed by atoms with van der Waals surface area (Å²) in [7, 11) is 1.36. The number of carbonyl (C=O) groups is 2. The Morgan fingerprint density at radius 2 is 2.12 bits per heavy atom. The fraction of sp³-hybridized carbons (Fsp3) is 0.600. The first-order valence-electron chi connectivity index (χ1n) is 8.94. The van der Waals surface area contributed by atoms with Crippen molar-refractivity contribution in [3.63, 3.8) is 0 Å². The summed E-state index contributed by atoms with van der Waals surface area (Å²) in [5.41, 5.74) is 0.504. The molecule has 2 rings (SSSR count). The molecular weight excluding hydrogens is 348 g/mol. The standard InChI is InChI=1S/C20H28N2O3S/c1-13(2)22-11-7-8-15(18(22)23)21-16-12-14(9-10-20(3,4)5)26-17(16)19(24)25-6/h12-13,15,21H,7-8,11H2,1-6H3. The lowest BCUT2D eigenvalue weighted by Crippen LogP contribution is -2.50. The van der Waals surface area contributed by atoms with Gasteiger partial charge in [0.2, 0.25) is 5.91 Å². The predicted molar refractivity (Wildman–Crippen MR) is 105 cm³/mol. The Bertz CT molecular complexity index is 734. The minimum absolute atomic E-state index is 0.0793. The van der Waals surface area contributed by atoms with Gasteiger partial charge in [0, 0.05) is 18.0 Å². The average Bonchev–Trinajstić information content (AvgIpc) is 2.96. The van der Waals surface area contributed by atoms with E-state index in [1.165, 1.54) is 18.4 Å². The zero-order valence-electron chi connectivity index (χ0n) is 16.4. The average molecular weight is 377 g/mol. The van der Waals surface area contributed by atoms with Crippen molar-refractivity contribution in [3.05, 3.63) is 15.8 Å². The second-order valence-corrected chi connectivity index (χ2v) is 8.86. The molecule has 142 valence electrons. The maximum atomic E-state index is 12.7. The maximum Gasteiger partial charge on any atom is 0.350 e. The van der Waals surface area contributed by atoms with Crippen LogP contribution in [-0.4, -0.2) is 42.5 Å². The monoisotopic (exact) mass is 376 g/mol. The number of likely N-dealkylation sites (tertiary alicyclic amines) is 1. The van der Waals surface area contributed by atoms with Gasteiger partial charge in [0.15, 0.2) is 0 Å². The summed E-state index contributed by atoms with van der Waals surface area (Å²) in [6.45, 7) is 10.9. The molecule has 1 aromatic rings. The van der Waals surface area contributed by atoms with Crippen LogP contribution < -0.4 is 5.32 Å². The molecule has 0 aromatic carbocycles. The van der Waals surface area contributed by atoms with E-state index < -0.39 is 5.97 Å². The lowest BCUT2D eigenvalue weighted by Gasteiger charge is -2.35. The van der Waals surface area contributed by atoms with Gasteiger partial charge >= 0.3 is 5.97 Å². The predicted octanol–water partition coefficient (Wildman–Crippen LogP) is 3.74. The van der Waals surface area contributed by atoms with Crippen molar-refractivity contribution < 1.29 is 14.3 Å². The number of piperidine rings is 1. The number of anilines is 1. The van der Waals surface area contributed by atoms with Gasteiger partial charge in [0.05, 0.1) is 17.7 Å². The summed E-state index contributed by atoms with van der Waals surface area (Å²) in [5, 5.41) is 3.27. The molecule has 0 spiro atoms. The first-order valence-corrected chi connectivity index (χ1v) is 9.76. The molecule has 2 heterocycles. The summed E-state index contributed by atoms with van der Waals surface area (Å²) < 4.78 is 4.90. The van der Waals surface area contributed by atoms with Gasteiger partial charge in [-0.15, -0.1) is 11.3 Å². The minimum Gasteiger partial charge on any atom is -0.465 e. The Morgan fingerprint density at radius 3 is 2.69 bits per heavy atom. The molecule has 6 heteroatoms. The van der Waals surface area contributed by atoms with E-state index in [4.69, 9.17) is 4.74 Å². The van der Waals surface area contributed by atoms with Crippen molar-refractivity contribution in [3.8, 4) is 11.8 Å². The van der Waals surface area contributed by atoms with Gasteiger partial charge in [0.25, 0.3) is 0 Å². The Labute approximate surface area is 160 Å². The molecule has 5 nitrogen and oxygen atoms in total. The van der Waals surface area contributed by atoms with Crippen LogP contribution in [0.15, 0.2) is 6.07 Å². The molecular formula is C20H28N2O3S. The minimum atomic E-state index is -0.412. The third-order valence-corrected chi connectivity index (χ3v) is 5.12. The number of ether oxygens (including phenoxy) is 1. The lowest BCUT2D eigenvalue weighted by atomic mass is 9.98. The van der Waals surface area contributed by atoms with Crippen LogP contribution in [0.4, 0.5) is 5.69 Å². The largest absolute Gasteiger partial charge is 0.465 e. The fourth-order valence-corrected chi connectivity index (χ4v) is 3.68. The number of rotatable bonds is 4. The van der Waals surface area contributed by atoms with Crippen LogP contribution in [-0.2, 0) is 9.53 Å². The van der Waals surface area contributed by atoms with E-state index in [2.05, 4.69) is 17.2 Å². The number of hydrogen-bond donors (Lipinski definition) is 1. The summed E-state index contributed by atoms with van der Waals surface area (Å²) in [4.78, 5) is 28.0. The van der Waals surface area contributed by atoms with Gasteiger partial charge in [-0.25, -0.2) is 4.79 Å². The molecule has 1 amide bonds. The van der Waals surface area contributed by atoms with E-state index >= 15 is 0 Å². The van der Waals surface area contributed by atoms with Crippen LogP contribution in [0.1, 0.15) is 62.0 Å². The summed E-state index contributed by atoms with van der Waals surface area (Å²) in [6.07, 6.45) is 1.69. The number of esters is 1. The molecule has 1 aromatic heterocycles. The zero-order chi connectivity index (χ0) is 19.5. The molecule has 0 aliphatic carbocycles. The number of amides is 1. The highest BCUT2D eigenvalue weighted by molar-refractivity contribution is 7.15. The molecule has 1 unspecified atom stereocenters. The van der Waals surface area contributed by atoms with Gasteiger partial charge in [-0.3, -0.25) is 4.79 Å². The topological polar surface area (TPSA) is 58.6 Å². The second-order valence-electron chi connectivity index (χ2n) is 7.81.